The highest BCUT2D eigenvalue weighted by Crippen LogP contribution is 2.60. The van der Waals surface area contributed by atoms with Gasteiger partial charge in [0.1, 0.15) is 10.8 Å². The average molecular weight is 731 g/mol. The van der Waals surface area contributed by atoms with Crippen LogP contribution in [0.5, 0.6) is 0 Å². The molecule has 266 valence electrons. The molecule has 0 spiro atoms. The Bertz CT molecular complexity index is 2930. The van der Waals surface area contributed by atoms with Crippen LogP contribution < -0.4 is 0 Å². The van der Waals surface area contributed by atoms with Gasteiger partial charge in [0, 0.05) is 23.0 Å². The molecular weight excluding hydrogens is 697 g/mol. The fourth-order valence-corrected chi connectivity index (χ4v) is 11.4. The molecule has 0 atom stereocenters. The Kier molecular flexibility index (Phi) is 6.35. The van der Waals surface area contributed by atoms with Gasteiger partial charge in [-0.05, 0) is 113 Å². The van der Waals surface area contributed by atoms with Gasteiger partial charge in [-0.3, -0.25) is 0 Å². The largest absolute Gasteiger partial charge is 0.107 e. The standard InChI is InChI=1S/C58H34/c1-7-25-49-41(19-1)55-42-20-2-8-26-50(42)57(49,51-27-9-3-21-43(51)55)33-31-37-15-13-17-39-35-40-18-14-16-38(48(40)36-47(37)39)32-34-58-52-28-10-4-22-44(52)56(45-23-5-11-29-53(45)58)46-24-6-12-30-54(46)58/h1-30,35-36,55-56H. The van der Waals surface area contributed by atoms with Crippen LogP contribution in [0.4, 0.5) is 0 Å². The molecule has 0 saturated heterocycles. The molecular formula is C58H34. The van der Waals surface area contributed by atoms with Crippen LogP contribution >= 0.6 is 0 Å². The summed E-state index contributed by atoms with van der Waals surface area (Å²) >= 11 is 0. The van der Waals surface area contributed by atoms with Gasteiger partial charge >= 0.3 is 0 Å². The predicted octanol–water partition coefficient (Wildman–Crippen LogP) is 12.4. The van der Waals surface area contributed by atoms with Gasteiger partial charge in [0.25, 0.3) is 0 Å². The molecule has 0 amide bonds. The van der Waals surface area contributed by atoms with Crippen molar-refractivity contribution in [2.75, 3.05) is 0 Å². The molecule has 0 heterocycles. The lowest BCUT2D eigenvalue weighted by Gasteiger charge is -2.48. The van der Waals surface area contributed by atoms with E-state index < -0.39 is 10.8 Å². The fourth-order valence-electron chi connectivity index (χ4n) is 11.4. The topological polar surface area (TPSA) is 0 Å². The van der Waals surface area contributed by atoms with Gasteiger partial charge in [0.15, 0.2) is 0 Å². The van der Waals surface area contributed by atoms with Crippen molar-refractivity contribution in [3.05, 3.63) is 272 Å². The van der Waals surface area contributed by atoms with Crippen molar-refractivity contribution in [2.45, 2.75) is 22.7 Å². The minimum atomic E-state index is -0.574. The van der Waals surface area contributed by atoms with Gasteiger partial charge in [-0.2, -0.15) is 0 Å². The van der Waals surface area contributed by atoms with Crippen LogP contribution in [0.3, 0.4) is 0 Å². The first-order chi connectivity index (χ1) is 28.8. The van der Waals surface area contributed by atoms with E-state index in [0.29, 0.717) is 0 Å². The average Bonchev–Trinajstić information content (AvgIpc) is 3.29. The number of fused-ring (bicyclic) bond motifs is 2. The second-order valence-corrected chi connectivity index (χ2v) is 16.3. The van der Waals surface area contributed by atoms with Crippen LogP contribution in [-0.2, 0) is 10.8 Å². The normalized spacial score (nSPS) is 20.6. The molecule has 0 radical (unpaired) electrons. The molecule has 9 aromatic rings. The first kappa shape index (κ1) is 31.8. The van der Waals surface area contributed by atoms with Gasteiger partial charge in [-0.15, -0.1) is 0 Å². The van der Waals surface area contributed by atoms with Crippen molar-refractivity contribution in [3.63, 3.8) is 0 Å². The molecule has 6 aliphatic carbocycles. The molecule has 0 nitrogen and oxygen atoms in total. The highest BCUT2D eigenvalue weighted by molar-refractivity contribution is 6.03. The summed E-state index contributed by atoms with van der Waals surface area (Å²) < 4.78 is 0. The monoisotopic (exact) mass is 730 g/mol. The number of hydrogen-bond donors (Lipinski definition) is 0. The van der Waals surface area contributed by atoms with E-state index in [9.17, 15) is 0 Å². The summed E-state index contributed by atoms with van der Waals surface area (Å²) in [6.07, 6.45) is 0. The first-order valence-corrected chi connectivity index (χ1v) is 20.3. The molecule has 0 aromatic heterocycles. The summed E-state index contributed by atoms with van der Waals surface area (Å²) in [6.45, 7) is 0. The Balaban J connectivity index is 1.03. The molecule has 9 aromatic carbocycles. The molecule has 58 heavy (non-hydrogen) atoms. The minimum absolute atomic E-state index is 0.217. The van der Waals surface area contributed by atoms with Crippen molar-refractivity contribution in [1.29, 1.82) is 0 Å². The van der Waals surface area contributed by atoms with E-state index in [2.05, 4.69) is 218 Å². The number of rotatable bonds is 0. The lowest BCUT2D eigenvalue weighted by Crippen LogP contribution is -2.41. The molecule has 4 bridgehead atoms. The van der Waals surface area contributed by atoms with Crippen LogP contribution in [0.2, 0.25) is 0 Å². The third kappa shape index (κ3) is 3.97. The van der Waals surface area contributed by atoms with E-state index in [-0.39, 0.29) is 11.8 Å². The second-order valence-electron chi connectivity index (χ2n) is 16.3. The zero-order chi connectivity index (χ0) is 38.0. The third-order valence-corrected chi connectivity index (χ3v) is 13.7. The van der Waals surface area contributed by atoms with Crippen LogP contribution in [-0.4, -0.2) is 0 Å². The minimum Gasteiger partial charge on any atom is -0.0764 e. The van der Waals surface area contributed by atoms with Crippen molar-refractivity contribution < 1.29 is 0 Å². The predicted molar refractivity (Wildman–Crippen MR) is 236 cm³/mol. The van der Waals surface area contributed by atoms with Crippen molar-refractivity contribution >= 4 is 21.5 Å². The Labute approximate surface area is 338 Å². The smallest absolute Gasteiger partial charge is 0.0764 e. The van der Waals surface area contributed by atoms with E-state index in [0.717, 1.165) is 21.9 Å². The summed E-state index contributed by atoms with van der Waals surface area (Å²) in [5, 5.41) is 4.64. The molecule has 0 saturated carbocycles. The van der Waals surface area contributed by atoms with Crippen LogP contribution in [0.1, 0.15) is 89.7 Å². The second kappa shape index (κ2) is 11.6. The molecule has 0 fully saturated rings. The molecule has 0 aliphatic heterocycles. The number of hydrogen-bond acceptors (Lipinski definition) is 0. The number of benzene rings is 9. The molecule has 0 N–H and O–H groups in total. The van der Waals surface area contributed by atoms with Gasteiger partial charge in [-0.1, -0.05) is 194 Å². The third-order valence-electron chi connectivity index (χ3n) is 13.7. The summed E-state index contributed by atoms with van der Waals surface area (Å²) in [6, 6.07) is 71.6. The molecule has 15 rings (SSSR count). The van der Waals surface area contributed by atoms with Crippen molar-refractivity contribution in [3.8, 4) is 23.7 Å². The quantitative estimate of drug-likeness (QED) is 0.108. The first-order valence-electron chi connectivity index (χ1n) is 20.3. The SMILES string of the molecule is C(#CC12c3ccccc3C(c3ccccc31)c1ccccc12)c1cccc2cc3cccc(C#CC45c6ccccc6C(c6ccccc64)c4ccccc45)c3cc12. The van der Waals surface area contributed by atoms with E-state index in [4.69, 9.17) is 0 Å². The Morgan fingerprint density at radius 3 is 0.897 bits per heavy atom. The lowest BCUT2D eigenvalue weighted by atomic mass is 9.53. The van der Waals surface area contributed by atoms with E-state index in [1.54, 1.807) is 0 Å². The summed E-state index contributed by atoms with van der Waals surface area (Å²) in [7, 11) is 0. The van der Waals surface area contributed by atoms with Crippen LogP contribution in [0.25, 0.3) is 21.5 Å². The fraction of sp³-hybridized carbons (Fsp3) is 0.0690. The highest BCUT2D eigenvalue weighted by Gasteiger charge is 2.52. The lowest BCUT2D eigenvalue weighted by molar-refractivity contribution is 0.666. The van der Waals surface area contributed by atoms with Crippen LogP contribution in [0.15, 0.2) is 194 Å². The molecule has 0 unspecified atom stereocenters. The Morgan fingerprint density at radius 1 is 0.293 bits per heavy atom. The zero-order valence-corrected chi connectivity index (χ0v) is 31.6. The Hall–Kier alpha value is -7.38. The maximum atomic E-state index is 4.00. The van der Waals surface area contributed by atoms with Gasteiger partial charge in [-0.25, -0.2) is 0 Å². The van der Waals surface area contributed by atoms with E-state index in [1.807, 2.05) is 0 Å². The van der Waals surface area contributed by atoms with E-state index in [1.165, 1.54) is 77.5 Å². The van der Waals surface area contributed by atoms with Crippen LogP contribution in [0, 0.1) is 23.7 Å². The van der Waals surface area contributed by atoms with Gasteiger partial charge in [0.2, 0.25) is 0 Å². The van der Waals surface area contributed by atoms with Gasteiger partial charge in [0.05, 0.1) is 0 Å². The summed E-state index contributed by atoms with van der Waals surface area (Å²) in [5.41, 5.74) is 16.9. The Morgan fingerprint density at radius 2 is 0.586 bits per heavy atom. The highest BCUT2D eigenvalue weighted by atomic mass is 14.5. The van der Waals surface area contributed by atoms with Gasteiger partial charge < -0.3 is 0 Å². The maximum absolute atomic E-state index is 4.00. The van der Waals surface area contributed by atoms with Crippen molar-refractivity contribution in [1.82, 2.24) is 0 Å². The maximum Gasteiger partial charge on any atom is 0.107 e. The van der Waals surface area contributed by atoms with E-state index >= 15 is 0 Å². The zero-order valence-electron chi connectivity index (χ0n) is 31.6. The molecule has 0 heteroatoms. The summed E-state index contributed by atoms with van der Waals surface area (Å²) in [4.78, 5) is 0. The summed E-state index contributed by atoms with van der Waals surface area (Å²) in [5.74, 6) is 16.1. The van der Waals surface area contributed by atoms with Crippen molar-refractivity contribution in [2.24, 2.45) is 0 Å². The molecule has 6 aliphatic rings.